The molecule has 0 bridgehead atoms. The molecule has 1 atom stereocenters. The Bertz CT molecular complexity index is 944. The van der Waals surface area contributed by atoms with E-state index in [1.165, 1.54) is 12.0 Å². The fourth-order valence-corrected chi connectivity index (χ4v) is 4.57. The van der Waals surface area contributed by atoms with Crippen molar-refractivity contribution >= 4 is 29.1 Å². The molecule has 1 N–H and O–H groups in total. The number of aryl methyl sites for hydroxylation is 1. The zero-order valence-corrected chi connectivity index (χ0v) is 19.6. The van der Waals surface area contributed by atoms with Gasteiger partial charge in [0.15, 0.2) is 0 Å². The van der Waals surface area contributed by atoms with E-state index in [0.717, 1.165) is 28.1 Å². The highest BCUT2D eigenvalue weighted by Gasteiger charge is 2.34. The van der Waals surface area contributed by atoms with Gasteiger partial charge in [-0.05, 0) is 30.9 Å². The second-order valence-electron chi connectivity index (χ2n) is 7.92. The van der Waals surface area contributed by atoms with Crippen molar-refractivity contribution < 1.29 is 19.1 Å². The highest BCUT2D eigenvalue weighted by Crippen LogP contribution is 2.27. The summed E-state index contributed by atoms with van der Waals surface area (Å²) in [6.45, 7) is 3.19. The highest BCUT2D eigenvalue weighted by molar-refractivity contribution is 7.13. The minimum Gasteiger partial charge on any atom is -0.384 e. The van der Waals surface area contributed by atoms with E-state index in [0.29, 0.717) is 26.1 Å². The lowest BCUT2D eigenvalue weighted by Gasteiger charge is -2.26. The number of nitrogens with one attached hydrogen (secondary N) is 1. The highest BCUT2D eigenvalue weighted by atomic mass is 32.1. The number of aromatic nitrogens is 1. The molecule has 0 aliphatic carbocycles. The van der Waals surface area contributed by atoms with Crippen molar-refractivity contribution in [3.63, 3.8) is 0 Å². The monoisotopic (exact) mass is 458 g/mol. The van der Waals surface area contributed by atoms with Gasteiger partial charge in [-0.15, -0.1) is 11.3 Å². The lowest BCUT2D eigenvalue weighted by atomic mass is 10.1. The van der Waals surface area contributed by atoms with Crippen molar-refractivity contribution in [2.24, 2.45) is 0 Å². The summed E-state index contributed by atoms with van der Waals surface area (Å²) in [4.78, 5) is 45.9. The Hall–Kier alpha value is -2.78. The number of hydrogen-bond acceptors (Lipinski definition) is 6. The molecular formula is C23H30N4O4S. The molecule has 3 rings (SSSR count). The molecule has 8 nitrogen and oxygen atoms in total. The van der Waals surface area contributed by atoms with Crippen LogP contribution < -0.4 is 5.32 Å². The van der Waals surface area contributed by atoms with Gasteiger partial charge in [-0.1, -0.05) is 24.3 Å². The van der Waals surface area contributed by atoms with Crippen molar-refractivity contribution in [3.05, 3.63) is 41.0 Å². The molecule has 3 amide bonds. The molecule has 1 saturated heterocycles. The maximum atomic E-state index is 12.8. The molecule has 2 aromatic rings. The summed E-state index contributed by atoms with van der Waals surface area (Å²) in [6.07, 6.45) is 1.63. The molecule has 32 heavy (non-hydrogen) atoms. The van der Waals surface area contributed by atoms with Crippen LogP contribution in [0.3, 0.4) is 0 Å². The number of likely N-dealkylation sites (N-methyl/N-ethyl adjacent to an activating group) is 1. The van der Waals surface area contributed by atoms with Crippen LogP contribution in [0.2, 0.25) is 0 Å². The van der Waals surface area contributed by atoms with Crippen molar-refractivity contribution in [2.75, 3.05) is 33.9 Å². The number of carbonyl (C=O) groups excluding carboxylic acids is 3. The number of rotatable bonds is 9. The summed E-state index contributed by atoms with van der Waals surface area (Å²) in [5, 5.41) is 2.96. The van der Waals surface area contributed by atoms with Gasteiger partial charge in [0.05, 0.1) is 35.7 Å². The zero-order chi connectivity index (χ0) is 23.1. The third kappa shape index (κ3) is 5.92. The first-order chi connectivity index (χ1) is 15.4. The van der Waals surface area contributed by atoms with Gasteiger partial charge in [0, 0.05) is 27.2 Å². The molecule has 0 radical (unpaired) electrons. The predicted octanol–water partition coefficient (Wildman–Crippen LogP) is 2.22. The molecule has 2 heterocycles. The first-order valence-corrected chi connectivity index (χ1v) is 11.6. The van der Waals surface area contributed by atoms with Crippen molar-refractivity contribution in [1.82, 2.24) is 20.1 Å². The van der Waals surface area contributed by atoms with Crippen LogP contribution in [-0.4, -0.2) is 72.4 Å². The van der Waals surface area contributed by atoms with E-state index >= 15 is 0 Å². The SMILES string of the molecule is COCCC(=O)N(C)CC(=O)N1CCC[C@H]1C(=O)NCc1ccc(-c2scnc2C)cc1. The number of amides is 3. The van der Waals surface area contributed by atoms with E-state index in [1.807, 2.05) is 36.7 Å². The molecule has 0 spiro atoms. The molecular weight excluding hydrogens is 428 g/mol. The summed E-state index contributed by atoms with van der Waals surface area (Å²) in [6, 6.07) is 7.55. The van der Waals surface area contributed by atoms with Gasteiger partial charge in [0.1, 0.15) is 6.04 Å². The summed E-state index contributed by atoms with van der Waals surface area (Å²) in [5.41, 5.74) is 4.94. The van der Waals surface area contributed by atoms with Crippen LogP contribution in [0.15, 0.2) is 29.8 Å². The molecule has 0 saturated carbocycles. The average Bonchev–Trinajstić information content (AvgIpc) is 3.45. The molecule has 9 heteroatoms. The van der Waals surface area contributed by atoms with E-state index in [9.17, 15) is 14.4 Å². The molecule has 1 aliphatic rings. The largest absolute Gasteiger partial charge is 0.384 e. The van der Waals surface area contributed by atoms with Crippen LogP contribution in [0.25, 0.3) is 10.4 Å². The summed E-state index contributed by atoms with van der Waals surface area (Å²) in [7, 11) is 3.13. The Morgan fingerprint density at radius 2 is 2.03 bits per heavy atom. The first-order valence-electron chi connectivity index (χ1n) is 10.7. The van der Waals surface area contributed by atoms with Crippen LogP contribution in [0.1, 0.15) is 30.5 Å². The Morgan fingerprint density at radius 3 is 2.69 bits per heavy atom. The number of methoxy groups -OCH3 is 1. The Kier molecular flexibility index (Phi) is 8.35. The van der Waals surface area contributed by atoms with Crippen LogP contribution in [0, 0.1) is 6.92 Å². The van der Waals surface area contributed by atoms with Gasteiger partial charge >= 0.3 is 0 Å². The standard InChI is InChI=1S/C23H30N4O4S/c1-16-22(32-15-25-16)18-8-6-17(7-9-18)13-24-23(30)19-5-4-11-27(19)21(29)14-26(2)20(28)10-12-31-3/h6-9,15,19H,4-5,10-14H2,1-3H3,(H,24,30)/t19-/m0/s1. The number of benzene rings is 1. The molecule has 172 valence electrons. The molecule has 1 aliphatic heterocycles. The van der Waals surface area contributed by atoms with Crippen LogP contribution >= 0.6 is 11.3 Å². The van der Waals surface area contributed by atoms with E-state index in [-0.39, 0.29) is 30.7 Å². The summed E-state index contributed by atoms with van der Waals surface area (Å²) >= 11 is 1.61. The quantitative estimate of drug-likeness (QED) is 0.622. The minimum absolute atomic E-state index is 0.0369. The number of carbonyl (C=O) groups is 3. The van der Waals surface area contributed by atoms with Crippen LogP contribution in [0.5, 0.6) is 0 Å². The maximum Gasteiger partial charge on any atom is 0.243 e. The van der Waals surface area contributed by atoms with Gasteiger partial charge in [0.25, 0.3) is 0 Å². The Balaban J connectivity index is 1.52. The fraction of sp³-hybridized carbons (Fsp3) is 0.478. The lowest BCUT2D eigenvalue weighted by molar-refractivity contribution is -0.143. The Labute approximate surface area is 192 Å². The normalized spacial score (nSPS) is 15.6. The molecule has 1 fully saturated rings. The number of ether oxygens (including phenoxy) is 1. The predicted molar refractivity (Wildman–Crippen MR) is 123 cm³/mol. The first kappa shape index (κ1) is 23.9. The number of thiazole rings is 1. The fourth-order valence-electron chi connectivity index (χ4n) is 3.76. The average molecular weight is 459 g/mol. The third-order valence-electron chi connectivity index (χ3n) is 5.62. The van der Waals surface area contributed by atoms with Gasteiger partial charge in [0.2, 0.25) is 17.7 Å². The van der Waals surface area contributed by atoms with E-state index in [1.54, 1.807) is 23.3 Å². The van der Waals surface area contributed by atoms with Crippen molar-refractivity contribution in [1.29, 1.82) is 0 Å². The van der Waals surface area contributed by atoms with Gasteiger partial charge in [-0.3, -0.25) is 14.4 Å². The van der Waals surface area contributed by atoms with Gasteiger partial charge in [-0.2, -0.15) is 0 Å². The maximum absolute atomic E-state index is 12.8. The molecule has 1 aromatic heterocycles. The number of hydrogen-bond donors (Lipinski definition) is 1. The third-order valence-corrected chi connectivity index (χ3v) is 6.60. The van der Waals surface area contributed by atoms with E-state index in [4.69, 9.17) is 4.74 Å². The van der Waals surface area contributed by atoms with Crippen molar-refractivity contribution in [2.45, 2.75) is 38.8 Å². The topological polar surface area (TPSA) is 91.8 Å². The zero-order valence-electron chi connectivity index (χ0n) is 18.8. The van der Waals surface area contributed by atoms with Gasteiger partial charge < -0.3 is 19.9 Å². The van der Waals surface area contributed by atoms with Crippen LogP contribution in [-0.2, 0) is 25.7 Å². The summed E-state index contributed by atoms with van der Waals surface area (Å²) in [5.74, 6) is -0.524. The lowest BCUT2D eigenvalue weighted by Crippen LogP contribution is -2.49. The second kappa shape index (κ2) is 11.2. The smallest absolute Gasteiger partial charge is 0.243 e. The van der Waals surface area contributed by atoms with E-state index < -0.39 is 6.04 Å². The second-order valence-corrected chi connectivity index (χ2v) is 8.77. The Morgan fingerprint density at radius 1 is 1.28 bits per heavy atom. The number of likely N-dealkylation sites (tertiary alicyclic amines) is 1. The van der Waals surface area contributed by atoms with Gasteiger partial charge in [-0.25, -0.2) is 4.98 Å². The van der Waals surface area contributed by atoms with E-state index in [2.05, 4.69) is 10.3 Å². The number of nitrogens with zero attached hydrogens (tertiary/aromatic N) is 3. The van der Waals surface area contributed by atoms with Crippen molar-refractivity contribution in [3.8, 4) is 10.4 Å². The summed E-state index contributed by atoms with van der Waals surface area (Å²) < 4.78 is 4.91. The molecule has 0 unspecified atom stereocenters. The molecule has 1 aromatic carbocycles. The van der Waals surface area contributed by atoms with Crippen LogP contribution in [0.4, 0.5) is 0 Å². The minimum atomic E-state index is -0.496.